The minimum absolute atomic E-state index is 0.0780. The van der Waals surface area contributed by atoms with Crippen molar-refractivity contribution in [2.75, 3.05) is 50.0 Å². The first-order chi connectivity index (χ1) is 16.5. The van der Waals surface area contributed by atoms with Crippen molar-refractivity contribution in [1.82, 2.24) is 9.88 Å². The van der Waals surface area contributed by atoms with Crippen molar-refractivity contribution < 1.29 is 17.9 Å². The summed E-state index contributed by atoms with van der Waals surface area (Å²) in [6.07, 6.45) is 1.57. The van der Waals surface area contributed by atoms with Crippen LogP contribution in [0.4, 0.5) is 5.13 Å². The van der Waals surface area contributed by atoms with Crippen LogP contribution < -0.4 is 4.90 Å². The third-order valence-electron chi connectivity index (χ3n) is 6.05. The SMILES string of the molecule is CCc1cccc2sc(N(CCCN3CCOCC3)C(=O)CCS(=O)(=O)c3ccccc3)nc12. The smallest absolute Gasteiger partial charge is 0.229 e. The van der Waals surface area contributed by atoms with Crippen molar-refractivity contribution in [3.8, 4) is 0 Å². The summed E-state index contributed by atoms with van der Waals surface area (Å²) in [5, 5.41) is 0.639. The molecule has 1 aliphatic heterocycles. The highest BCUT2D eigenvalue weighted by Gasteiger charge is 2.24. The molecular formula is C25H31N3O4S2. The fourth-order valence-electron chi connectivity index (χ4n) is 4.10. The van der Waals surface area contributed by atoms with Gasteiger partial charge in [0.05, 0.1) is 34.1 Å². The lowest BCUT2D eigenvalue weighted by Gasteiger charge is -2.27. The fourth-order valence-corrected chi connectivity index (χ4v) is 6.41. The van der Waals surface area contributed by atoms with E-state index in [4.69, 9.17) is 9.72 Å². The molecule has 3 aromatic rings. The highest BCUT2D eigenvalue weighted by atomic mass is 32.2. The van der Waals surface area contributed by atoms with Crippen molar-refractivity contribution in [3.63, 3.8) is 0 Å². The van der Waals surface area contributed by atoms with E-state index in [1.807, 2.05) is 12.1 Å². The first-order valence-corrected chi connectivity index (χ1v) is 14.2. The number of aromatic nitrogens is 1. The number of hydrogen-bond acceptors (Lipinski definition) is 7. The molecule has 1 saturated heterocycles. The number of hydrogen-bond donors (Lipinski definition) is 0. The van der Waals surface area contributed by atoms with Crippen LogP contribution in [-0.2, 0) is 25.8 Å². The van der Waals surface area contributed by atoms with E-state index in [0.29, 0.717) is 11.7 Å². The zero-order chi connectivity index (χ0) is 24.0. The summed E-state index contributed by atoms with van der Waals surface area (Å²) < 4.78 is 31.9. The van der Waals surface area contributed by atoms with Gasteiger partial charge in [0.2, 0.25) is 5.91 Å². The van der Waals surface area contributed by atoms with Crippen LogP contribution in [0.3, 0.4) is 0 Å². The summed E-state index contributed by atoms with van der Waals surface area (Å²) in [4.78, 5) is 22.4. The van der Waals surface area contributed by atoms with Crippen molar-refractivity contribution >= 4 is 42.4 Å². The van der Waals surface area contributed by atoms with E-state index in [9.17, 15) is 13.2 Å². The second-order valence-corrected chi connectivity index (χ2v) is 11.5. The van der Waals surface area contributed by atoms with E-state index in [2.05, 4.69) is 17.9 Å². The fraction of sp³-hybridized carbons (Fsp3) is 0.440. The summed E-state index contributed by atoms with van der Waals surface area (Å²) >= 11 is 1.49. The van der Waals surface area contributed by atoms with Gasteiger partial charge in [-0.3, -0.25) is 14.6 Å². The van der Waals surface area contributed by atoms with Crippen molar-refractivity contribution in [2.24, 2.45) is 0 Å². The molecule has 0 saturated carbocycles. The molecule has 1 fully saturated rings. The number of ether oxygens (including phenoxy) is 1. The monoisotopic (exact) mass is 501 g/mol. The molecule has 7 nitrogen and oxygen atoms in total. The third kappa shape index (κ3) is 6.02. The van der Waals surface area contributed by atoms with E-state index in [0.717, 1.165) is 61.5 Å². The molecule has 1 amide bonds. The standard InChI is InChI=1S/C25H31N3O4S2/c1-2-20-8-6-11-22-24(20)26-25(33-22)28(14-7-13-27-15-17-32-18-16-27)23(29)12-19-34(30,31)21-9-4-3-5-10-21/h3-6,8-11H,2,7,12-19H2,1H3. The zero-order valence-corrected chi connectivity index (χ0v) is 21.1. The molecule has 2 aromatic carbocycles. The molecule has 182 valence electrons. The van der Waals surface area contributed by atoms with Crippen LogP contribution in [0.25, 0.3) is 10.2 Å². The van der Waals surface area contributed by atoms with Gasteiger partial charge >= 0.3 is 0 Å². The Labute approximate surface area is 205 Å². The molecule has 0 radical (unpaired) electrons. The van der Waals surface area contributed by atoms with Crippen LogP contribution in [0, 0.1) is 0 Å². The molecule has 0 aliphatic carbocycles. The Morgan fingerprint density at radius 3 is 2.62 bits per heavy atom. The number of rotatable bonds is 10. The maximum atomic E-state index is 13.3. The van der Waals surface area contributed by atoms with E-state index < -0.39 is 9.84 Å². The molecule has 34 heavy (non-hydrogen) atoms. The van der Waals surface area contributed by atoms with Crippen LogP contribution >= 0.6 is 11.3 Å². The van der Waals surface area contributed by atoms with Gasteiger partial charge in [0.1, 0.15) is 0 Å². The summed E-state index contributed by atoms with van der Waals surface area (Å²) in [7, 11) is -3.53. The second kappa shape index (κ2) is 11.4. The van der Waals surface area contributed by atoms with E-state index in [-0.39, 0.29) is 23.0 Å². The molecule has 0 bridgehead atoms. The molecule has 0 spiro atoms. The van der Waals surface area contributed by atoms with Gasteiger partial charge in [-0.2, -0.15) is 0 Å². The average Bonchev–Trinajstić information content (AvgIpc) is 3.30. The van der Waals surface area contributed by atoms with Gasteiger partial charge in [-0.15, -0.1) is 0 Å². The third-order valence-corrected chi connectivity index (χ3v) is 8.83. The van der Waals surface area contributed by atoms with Crippen LogP contribution in [0.2, 0.25) is 0 Å². The molecule has 1 aromatic heterocycles. The number of carbonyl (C=O) groups excluding carboxylic acids is 1. The number of carbonyl (C=O) groups is 1. The van der Waals surface area contributed by atoms with Crippen molar-refractivity contribution in [3.05, 3.63) is 54.1 Å². The lowest BCUT2D eigenvalue weighted by Crippen LogP contribution is -2.39. The normalized spacial score (nSPS) is 15.0. The Hall–Kier alpha value is -2.33. The molecule has 2 heterocycles. The van der Waals surface area contributed by atoms with Crippen molar-refractivity contribution in [1.29, 1.82) is 0 Å². The Kier molecular flexibility index (Phi) is 8.31. The van der Waals surface area contributed by atoms with Crippen molar-refractivity contribution in [2.45, 2.75) is 31.1 Å². The highest BCUT2D eigenvalue weighted by Crippen LogP contribution is 2.31. The minimum atomic E-state index is -3.53. The number of thiazole rings is 1. The summed E-state index contributed by atoms with van der Waals surface area (Å²) in [6.45, 7) is 6.71. The Balaban J connectivity index is 1.51. The number of anilines is 1. The first kappa shape index (κ1) is 24.8. The van der Waals surface area contributed by atoms with Crippen LogP contribution in [0.5, 0.6) is 0 Å². The quantitative estimate of drug-likeness (QED) is 0.421. The maximum Gasteiger partial charge on any atom is 0.229 e. The van der Waals surface area contributed by atoms with Gasteiger partial charge in [-0.25, -0.2) is 13.4 Å². The lowest BCUT2D eigenvalue weighted by atomic mass is 10.1. The van der Waals surface area contributed by atoms with Gasteiger partial charge < -0.3 is 4.74 Å². The number of morpholine rings is 1. The van der Waals surface area contributed by atoms with Crippen LogP contribution in [0.1, 0.15) is 25.3 Å². The van der Waals surface area contributed by atoms with Gasteiger partial charge in [0, 0.05) is 32.6 Å². The summed E-state index contributed by atoms with van der Waals surface area (Å²) in [5.74, 6) is -0.431. The van der Waals surface area contributed by atoms with Gasteiger partial charge in [0.25, 0.3) is 0 Å². The maximum absolute atomic E-state index is 13.3. The van der Waals surface area contributed by atoms with Crippen LogP contribution in [-0.4, -0.2) is 69.4 Å². The zero-order valence-electron chi connectivity index (χ0n) is 19.5. The topological polar surface area (TPSA) is 79.8 Å². The number of amides is 1. The minimum Gasteiger partial charge on any atom is -0.379 e. The van der Waals surface area contributed by atoms with E-state index in [1.165, 1.54) is 11.3 Å². The number of benzene rings is 2. The van der Waals surface area contributed by atoms with Crippen LogP contribution in [0.15, 0.2) is 53.4 Å². The molecule has 0 unspecified atom stereocenters. The van der Waals surface area contributed by atoms with E-state index in [1.54, 1.807) is 35.2 Å². The summed E-state index contributed by atoms with van der Waals surface area (Å²) in [6, 6.07) is 14.4. The van der Waals surface area contributed by atoms with E-state index >= 15 is 0 Å². The first-order valence-electron chi connectivity index (χ1n) is 11.7. The molecule has 4 rings (SSSR count). The number of aryl methyl sites for hydroxylation is 1. The summed E-state index contributed by atoms with van der Waals surface area (Å²) in [5.41, 5.74) is 2.07. The molecule has 0 atom stereocenters. The average molecular weight is 502 g/mol. The largest absolute Gasteiger partial charge is 0.379 e. The second-order valence-electron chi connectivity index (χ2n) is 8.35. The Morgan fingerprint density at radius 2 is 1.88 bits per heavy atom. The molecule has 9 heteroatoms. The Bertz CT molecular complexity index is 1210. The predicted molar refractivity (Wildman–Crippen MR) is 136 cm³/mol. The van der Waals surface area contributed by atoms with Gasteiger partial charge in [-0.1, -0.05) is 48.6 Å². The van der Waals surface area contributed by atoms with Gasteiger partial charge in [-0.05, 0) is 36.6 Å². The number of fused-ring (bicyclic) bond motifs is 1. The predicted octanol–water partition coefficient (Wildman–Crippen LogP) is 3.78. The van der Waals surface area contributed by atoms with Gasteiger partial charge in [0.15, 0.2) is 15.0 Å². The lowest BCUT2D eigenvalue weighted by molar-refractivity contribution is -0.118. The number of para-hydroxylation sites is 1. The molecular weight excluding hydrogens is 470 g/mol. The number of nitrogens with zero attached hydrogens (tertiary/aromatic N) is 3. The molecule has 1 aliphatic rings. The Morgan fingerprint density at radius 1 is 1.12 bits per heavy atom. The highest BCUT2D eigenvalue weighted by molar-refractivity contribution is 7.91. The molecule has 0 N–H and O–H groups in total. The number of sulfone groups is 1.